The number of nitrogens with zero attached hydrogens (tertiary/aromatic N) is 1. The number of ether oxygens (including phenoxy) is 1. The van der Waals surface area contributed by atoms with Crippen molar-refractivity contribution in [2.75, 3.05) is 13.2 Å². The predicted octanol–water partition coefficient (Wildman–Crippen LogP) is 3.31. The molecule has 110 valence electrons. The minimum atomic E-state index is -0.166. The summed E-state index contributed by atoms with van der Waals surface area (Å²) in [6, 6.07) is 7.09. The highest BCUT2D eigenvalue weighted by atomic mass is 35.5. The Labute approximate surface area is 132 Å². The van der Waals surface area contributed by atoms with Gasteiger partial charge in [0.05, 0.1) is 17.2 Å². The molecule has 1 amide bonds. The Morgan fingerprint density at radius 1 is 1.43 bits per heavy atom. The molecule has 0 saturated carbocycles. The van der Waals surface area contributed by atoms with E-state index in [1.165, 1.54) is 6.08 Å². The van der Waals surface area contributed by atoms with Crippen LogP contribution in [0.2, 0.25) is 5.02 Å². The highest BCUT2D eigenvalue weighted by Gasteiger charge is 1.98. The van der Waals surface area contributed by atoms with Crippen molar-refractivity contribution in [1.82, 2.24) is 10.3 Å². The maximum absolute atomic E-state index is 11.6. The molecule has 21 heavy (non-hydrogen) atoms. The second-order valence-corrected chi connectivity index (χ2v) is 5.72. The first-order chi connectivity index (χ1) is 10.1. The van der Waals surface area contributed by atoms with Gasteiger partial charge in [-0.25, -0.2) is 4.98 Å². The van der Waals surface area contributed by atoms with Gasteiger partial charge in [0.2, 0.25) is 5.91 Å². The van der Waals surface area contributed by atoms with Crippen LogP contribution in [-0.2, 0) is 4.79 Å². The fourth-order valence-electron chi connectivity index (χ4n) is 1.55. The lowest BCUT2D eigenvalue weighted by Gasteiger charge is -2.06. The van der Waals surface area contributed by atoms with Crippen LogP contribution < -0.4 is 10.1 Å². The molecule has 2 rings (SSSR count). The smallest absolute Gasteiger partial charge is 0.244 e. The van der Waals surface area contributed by atoms with Gasteiger partial charge >= 0.3 is 0 Å². The van der Waals surface area contributed by atoms with Crippen molar-refractivity contribution in [3.8, 4) is 5.75 Å². The van der Waals surface area contributed by atoms with Gasteiger partial charge in [-0.3, -0.25) is 4.79 Å². The Kier molecular flexibility index (Phi) is 5.78. The molecule has 1 aromatic heterocycles. The molecule has 0 bridgehead atoms. The third-order valence-corrected chi connectivity index (χ3v) is 3.57. The number of hydrogen-bond acceptors (Lipinski definition) is 4. The van der Waals surface area contributed by atoms with E-state index in [0.717, 1.165) is 16.5 Å². The first-order valence-corrected chi connectivity index (χ1v) is 7.65. The molecule has 1 N–H and O–H groups in total. The number of benzene rings is 1. The Morgan fingerprint density at radius 3 is 2.86 bits per heavy atom. The highest BCUT2D eigenvalue weighted by Crippen LogP contribution is 2.15. The number of nitrogens with one attached hydrogen (secondary N) is 1. The Morgan fingerprint density at radius 2 is 2.19 bits per heavy atom. The number of carbonyl (C=O) groups excluding carboxylic acids is 1. The van der Waals surface area contributed by atoms with Crippen LogP contribution in [0, 0.1) is 6.92 Å². The molecule has 4 nitrogen and oxygen atoms in total. The molecule has 0 radical (unpaired) electrons. The van der Waals surface area contributed by atoms with Crippen LogP contribution in [0.1, 0.15) is 10.7 Å². The van der Waals surface area contributed by atoms with Crippen molar-refractivity contribution < 1.29 is 9.53 Å². The third-order valence-electron chi connectivity index (χ3n) is 2.53. The normalized spacial score (nSPS) is 10.8. The summed E-state index contributed by atoms with van der Waals surface area (Å²) in [4.78, 5) is 15.8. The standard InChI is InChI=1S/C15H15ClN2O2S/c1-11-18-13(10-21-11)4-7-15(19)17-8-9-20-14-5-2-12(16)3-6-14/h2-7,10H,8-9H2,1H3,(H,17,19)/b7-4+. The molecule has 1 heterocycles. The zero-order valence-electron chi connectivity index (χ0n) is 11.5. The Balaban J connectivity index is 1.67. The minimum absolute atomic E-state index is 0.166. The number of aryl methyl sites for hydroxylation is 1. The molecule has 0 saturated heterocycles. The second-order valence-electron chi connectivity index (χ2n) is 4.22. The van der Waals surface area contributed by atoms with E-state index in [4.69, 9.17) is 16.3 Å². The molecular formula is C15H15ClN2O2S. The molecule has 6 heteroatoms. The molecule has 0 aliphatic rings. The molecule has 0 fully saturated rings. The number of rotatable bonds is 6. The van der Waals surface area contributed by atoms with E-state index in [0.29, 0.717) is 18.2 Å². The maximum atomic E-state index is 11.6. The van der Waals surface area contributed by atoms with E-state index in [2.05, 4.69) is 10.3 Å². The van der Waals surface area contributed by atoms with Crippen LogP contribution >= 0.6 is 22.9 Å². The molecular weight excluding hydrogens is 308 g/mol. The van der Waals surface area contributed by atoms with E-state index in [1.807, 2.05) is 12.3 Å². The molecule has 0 unspecified atom stereocenters. The zero-order chi connectivity index (χ0) is 15.1. The van der Waals surface area contributed by atoms with Crippen molar-refractivity contribution in [2.24, 2.45) is 0 Å². The minimum Gasteiger partial charge on any atom is -0.492 e. The van der Waals surface area contributed by atoms with Crippen molar-refractivity contribution in [3.05, 3.63) is 51.4 Å². The van der Waals surface area contributed by atoms with Crippen molar-refractivity contribution >= 4 is 34.9 Å². The summed E-state index contributed by atoms with van der Waals surface area (Å²) in [7, 11) is 0. The van der Waals surface area contributed by atoms with Gasteiger partial charge in [0.15, 0.2) is 0 Å². The van der Waals surface area contributed by atoms with E-state index in [1.54, 1.807) is 41.7 Å². The Hall–Kier alpha value is -1.85. The van der Waals surface area contributed by atoms with Gasteiger partial charge in [-0.05, 0) is 37.3 Å². The van der Waals surface area contributed by atoms with Gasteiger partial charge in [-0.1, -0.05) is 11.6 Å². The van der Waals surface area contributed by atoms with Crippen molar-refractivity contribution in [1.29, 1.82) is 0 Å². The molecule has 2 aromatic rings. The SMILES string of the molecule is Cc1nc(/C=C/C(=O)NCCOc2ccc(Cl)cc2)cs1. The summed E-state index contributed by atoms with van der Waals surface area (Å²) in [5.41, 5.74) is 0.796. The van der Waals surface area contributed by atoms with Gasteiger partial charge in [0.25, 0.3) is 0 Å². The topological polar surface area (TPSA) is 51.2 Å². The van der Waals surface area contributed by atoms with Gasteiger partial charge in [-0.15, -0.1) is 11.3 Å². The monoisotopic (exact) mass is 322 g/mol. The lowest BCUT2D eigenvalue weighted by Crippen LogP contribution is -2.26. The quantitative estimate of drug-likeness (QED) is 0.655. The maximum Gasteiger partial charge on any atom is 0.244 e. The van der Waals surface area contributed by atoms with Gasteiger partial charge < -0.3 is 10.1 Å². The van der Waals surface area contributed by atoms with Crippen LogP contribution in [0.3, 0.4) is 0 Å². The van der Waals surface area contributed by atoms with Crippen molar-refractivity contribution in [3.63, 3.8) is 0 Å². The number of hydrogen-bond donors (Lipinski definition) is 1. The molecule has 0 spiro atoms. The molecule has 1 aromatic carbocycles. The van der Waals surface area contributed by atoms with Gasteiger partial charge in [0, 0.05) is 16.5 Å². The van der Waals surface area contributed by atoms with E-state index in [9.17, 15) is 4.79 Å². The lowest BCUT2D eigenvalue weighted by molar-refractivity contribution is -0.116. The first-order valence-electron chi connectivity index (χ1n) is 6.40. The molecule has 0 aliphatic heterocycles. The Bertz CT molecular complexity index is 623. The first kappa shape index (κ1) is 15.5. The van der Waals surface area contributed by atoms with Crippen LogP contribution in [-0.4, -0.2) is 24.0 Å². The van der Waals surface area contributed by atoms with Gasteiger partial charge in [-0.2, -0.15) is 0 Å². The third kappa shape index (κ3) is 5.57. The van der Waals surface area contributed by atoms with E-state index >= 15 is 0 Å². The average molecular weight is 323 g/mol. The van der Waals surface area contributed by atoms with Gasteiger partial charge in [0.1, 0.15) is 12.4 Å². The van der Waals surface area contributed by atoms with E-state index < -0.39 is 0 Å². The summed E-state index contributed by atoms with van der Waals surface area (Å²) >= 11 is 7.33. The number of thiazole rings is 1. The van der Waals surface area contributed by atoms with Crippen LogP contribution in [0.5, 0.6) is 5.75 Å². The fraction of sp³-hybridized carbons (Fsp3) is 0.200. The predicted molar refractivity (Wildman–Crippen MR) is 85.8 cm³/mol. The average Bonchev–Trinajstić information content (AvgIpc) is 2.89. The molecule has 0 aliphatic carbocycles. The van der Waals surface area contributed by atoms with Crippen molar-refractivity contribution in [2.45, 2.75) is 6.92 Å². The number of amides is 1. The summed E-state index contributed by atoms with van der Waals surface area (Å²) in [5.74, 6) is 0.558. The lowest BCUT2D eigenvalue weighted by atomic mass is 10.3. The second kappa shape index (κ2) is 7.81. The van der Waals surface area contributed by atoms with Crippen LogP contribution in [0.4, 0.5) is 0 Å². The summed E-state index contributed by atoms with van der Waals surface area (Å²) in [6.45, 7) is 2.76. The number of carbonyl (C=O) groups is 1. The fourth-order valence-corrected chi connectivity index (χ4v) is 2.26. The summed E-state index contributed by atoms with van der Waals surface area (Å²) in [6.07, 6.45) is 3.16. The largest absolute Gasteiger partial charge is 0.492 e. The van der Waals surface area contributed by atoms with Crippen LogP contribution in [0.15, 0.2) is 35.7 Å². The highest BCUT2D eigenvalue weighted by molar-refractivity contribution is 7.09. The zero-order valence-corrected chi connectivity index (χ0v) is 13.1. The van der Waals surface area contributed by atoms with Crippen LogP contribution in [0.25, 0.3) is 6.08 Å². The number of aromatic nitrogens is 1. The molecule has 0 atom stereocenters. The van der Waals surface area contributed by atoms with E-state index in [-0.39, 0.29) is 5.91 Å². The summed E-state index contributed by atoms with van der Waals surface area (Å²) < 4.78 is 5.47. The summed E-state index contributed by atoms with van der Waals surface area (Å²) in [5, 5.41) is 6.29. The number of halogens is 1.